The third-order valence-corrected chi connectivity index (χ3v) is 6.78. The number of carbonyl (C=O) groups excluding carboxylic acids is 2. The van der Waals surface area contributed by atoms with E-state index in [2.05, 4.69) is 32.3 Å². The monoisotopic (exact) mass is 512 g/mol. The maximum absolute atomic E-state index is 13.3. The summed E-state index contributed by atoms with van der Waals surface area (Å²) in [6.07, 6.45) is 3.51. The maximum atomic E-state index is 13.3. The van der Waals surface area contributed by atoms with E-state index < -0.39 is 5.97 Å². The Labute approximate surface area is 202 Å². The van der Waals surface area contributed by atoms with Gasteiger partial charge in [-0.25, -0.2) is 4.79 Å². The zero-order valence-electron chi connectivity index (χ0n) is 19.3. The highest BCUT2D eigenvalue weighted by atomic mass is 79.9. The SMILES string of the molecule is CCOC(=O)c1c(CN2CCCC[C@@H]2C)n(-c2ccccc2)c2cc(Br)c(OC(C)=O)cc12. The van der Waals surface area contributed by atoms with E-state index in [1.165, 1.54) is 13.3 Å². The Morgan fingerprint density at radius 1 is 1.15 bits per heavy atom. The number of fused-ring (bicyclic) bond motifs is 1. The highest BCUT2D eigenvalue weighted by Gasteiger charge is 2.29. The van der Waals surface area contributed by atoms with Gasteiger partial charge in [0.1, 0.15) is 5.75 Å². The number of benzene rings is 2. The molecular formula is C26H29BrN2O4. The minimum Gasteiger partial charge on any atom is -0.462 e. The second-order valence-electron chi connectivity index (χ2n) is 8.42. The molecule has 0 unspecified atom stereocenters. The van der Waals surface area contributed by atoms with Crippen LogP contribution in [-0.2, 0) is 16.1 Å². The Kier molecular flexibility index (Phi) is 7.20. The highest BCUT2D eigenvalue weighted by molar-refractivity contribution is 9.10. The molecule has 33 heavy (non-hydrogen) atoms. The second-order valence-corrected chi connectivity index (χ2v) is 9.28. The van der Waals surface area contributed by atoms with Crippen LogP contribution in [-0.4, -0.2) is 40.6 Å². The van der Waals surface area contributed by atoms with Crippen LogP contribution in [0.3, 0.4) is 0 Å². The molecule has 1 fully saturated rings. The first kappa shape index (κ1) is 23.5. The van der Waals surface area contributed by atoms with Crippen molar-refractivity contribution < 1.29 is 19.1 Å². The molecule has 1 atom stereocenters. The number of hydrogen-bond acceptors (Lipinski definition) is 5. The number of para-hydroxylation sites is 1. The smallest absolute Gasteiger partial charge is 0.340 e. The van der Waals surface area contributed by atoms with E-state index in [0.717, 1.165) is 36.3 Å². The molecule has 0 aliphatic carbocycles. The molecule has 4 rings (SSSR count). The number of ether oxygens (including phenoxy) is 2. The first-order valence-corrected chi connectivity index (χ1v) is 12.2. The van der Waals surface area contributed by atoms with Gasteiger partial charge in [-0.05, 0) is 73.4 Å². The molecule has 0 spiro atoms. The predicted molar refractivity (Wildman–Crippen MR) is 132 cm³/mol. The molecule has 0 radical (unpaired) electrons. The van der Waals surface area contributed by atoms with Crippen molar-refractivity contribution in [3.63, 3.8) is 0 Å². The summed E-state index contributed by atoms with van der Waals surface area (Å²) >= 11 is 3.55. The third kappa shape index (κ3) is 4.84. The lowest BCUT2D eigenvalue weighted by molar-refractivity contribution is -0.131. The van der Waals surface area contributed by atoms with E-state index in [-0.39, 0.29) is 12.6 Å². The van der Waals surface area contributed by atoms with E-state index in [9.17, 15) is 9.59 Å². The van der Waals surface area contributed by atoms with Gasteiger partial charge in [0.2, 0.25) is 0 Å². The van der Waals surface area contributed by atoms with E-state index >= 15 is 0 Å². The summed E-state index contributed by atoms with van der Waals surface area (Å²) in [5.41, 5.74) is 3.22. The number of rotatable bonds is 6. The maximum Gasteiger partial charge on any atom is 0.340 e. The van der Waals surface area contributed by atoms with Crippen LogP contribution in [0.25, 0.3) is 16.6 Å². The normalized spacial score (nSPS) is 16.7. The number of piperidine rings is 1. The molecule has 1 saturated heterocycles. The quantitative estimate of drug-likeness (QED) is 0.305. The second kappa shape index (κ2) is 10.1. The largest absolute Gasteiger partial charge is 0.462 e. The number of hydrogen-bond donors (Lipinski definition) is 0. The fourth-order valence-electron chi connectivity index (χ4n) is 4.61. The van der Waals surface area contributed by atoms with E-state index in [0.29, 0.717) is 33.8 Å². The Hall–Kier alpha value is -2.64. The lowest BCUT2D eigenvalue weighted by Gasteiger charge is -2.33. The van der Waals surface area contributed by atoms with E-state index in [4.69, 9.17) is 9.47 Å². The molecule has 7 heteroatoms. The van der Waals surface area contributed by atoms with Crippen LogP contribution in [0, 0.1) is 0 Å². The topological polar surface area (TPSA) is 60.8 Å². The van der Waals surface area contributed by atoms with Gasteiger partial charge >= 0.3 is 11.9 Å². The summed E-state index contributed by atoms with van der Waals surface area (Å²) in [4.78, 5) is 27.4. The van der Waals surface area contributed by atoms with Crippen molar-refractivity contribution in [2.45, 2.75) is 52.6 Å². The molecule has 1 aliphatic heterocycles. The number of esters is 2. The third-order valence-electron chi connectivity index (χ3n) is 6.16. The molecule has 0 bridgehead atoms. The minimum absolute atomic E-state index is 0.281. The lowest BCUT2D eigenvalue weighted by Crippen LogP contribution is -2.37. The average Bonchev–Trinajstić information content (AvgIpc) is 3.08. The van der Waals surface area contributed by atoms with Crippen molar-refractivity contribution in [2.75, 3.05) is 13.2 Å². The molecule has 1 aromatic heterocycles. The highest BCUT2D eigenvalue weighted by Crippen LogP contribution is 2.38. The van der Waals surface area contributed by atoms with Crippen LogP contribution < -0.4 is 4.74 Å². The van der Waals surface area contributed by atoms with Gasteiger partial charge in [-0.15, -0.1) is 0 Å². The van der Waals surface area contributed by atoms with Crippen molar-refractivity contribution in [3.05, 3.63) is 58.2 Å². The van der Waals surface area contributed by atoms with Gasteiger partial charge in [-0.3, -0.25) is 9.69 Å². The predicted octanol–water partition coefficient (Wildman–Crippen LogP) is 5.87. The molecule has 6 nitrogen and oxygen atoms in total. The average molecular weight is 513 g/mol. The van der Waals surface area contributed by atoms with Crippen LogP contribution in [0.5, 0.6) is 5.75 Å². The van der Waals surface area contributed by atoms with Crippen LogP contribution in [0.2, 0.25) is 0 Å². The molecule has 0 saturated carbocycles. The number of nitrogens with zero attached hydrogens (tertiary/aromatic N) is 2. The molecule has 0 amide bonds. The first-order chi connectivity index (χ1) is 15.9. The number of halogens is 1. The van der Waals surface area contributed by atoms with Gasteiger partial charge in [0, 0.05) is 30.6 Å². The van der Waals surface area contributed by atoms with Crippen LogP contribution in [0.15, 0.2) is 46.9 Å². The van der Waals surface area contributed by atoms with Gasteiger partial charge in [0.25, 0.3) is 0 Å². The van der Waals surface area contributed by atoms with Crippen LogP contribution >= 0.6 is 15.9 Å². The summed E-state index contributed by atoms with van der Waals surface area (Å²) < 4.78 is 13.7. The molecule has 0 N–H and O–H groups in total. The number of aromatic nitrogens is 1. The van der Waals surface area contributed by atoms with E-state index in [1.807, 2.05) is 43.3 Å². The summed E-state index contributed by atoms with van der Waals surface area (Å²) in [5, 5.41) is 0.705. The van der Waals surface area contributed by atoms with Crippen LogP contribution in [0.1, 0.15) is 56.1 Å². The van der Waals surface area contributed by atoms with Gasteiger partial charge in [-0.2, -0.15) is 0 Å². The van der Waals surface area contributed by atoms with Gasteiger partial charge in [0.15, 0.2) is 0 Å². The fraction of sp³-hybridized carbons (Fsp3) is 0.385. The Morgan fingerprint density at radius 3 is 2.58 bits per heavy atom. The molecule has 2 aromatic carbocycles. The fourth-order valence-corrected chi connectivity index (χ4v) is 5.02. The molecular weight excluding hydrogens is 484 g/mol. The summed E-state index contributed by atoms with van der Waals surface area (Å²) in [5.74, 6) is -0.408. The Balaban J connectivity index is 2.00. The van der Waals surface area contributed by atoms with E-state index in [1.54, 1.807) is 6.07 Å². The van der Waals surface area contributed by atoms with Crippen molar-refractivity contribution in [1.82, 2.24) is 9.47 Å². The molecule has 1 aliphatic rings. The van der Waals surface area contributed by atoms with Gasteiger partial charge < -0.3 is 14.0 Å². The van der Waals surface area contributed by atoms with Crippen molar-refractivity contribution in [2.24, 2.45) is 0 Å². The van der Waals surface area contributed by atoms with Crippen molar-refractivity contribution in [1.29, 1.82) is 0 Å². The summed E-state index contributed by atoms with van der Waals surface area (Å²) in [6, 6.07) is 14.1. The van der Waals surface area contributed by atoms with Gasteiger partial charge in [-0.1, -0.05) is 24.6 Å². The number of likely N-dealkylation sites (tertiary alicyclic amines) is 1. The van der Waals surface area contributed by atoms with Crippen LogP contribution in [0.4, 0.5) is 0 Å². The number of carbonyl (C=O) groups is 2. The lowest BCUT2D eigenvalue weighted by atomic mass is 10.0. The van der Waals surface area contributed by atoms with Crippen molar-refractivity contribution >= 4 is 38.8 Å². The zero-order valence-corrected chi connectivity index (χ0v) is 20.9. The van der Waals surface area contributed by atoms with Gasteiger partial charge in [0.05, 0.1) is 27.9 Å². The standard InChI is InChI=1S/C26H29BrN2O4/c1-4-32-26(31)25-20-14-24(33-18(3)30)21(27)15-22(20)29(19-11-6-5-7-12-19)23(25)16-28-13-9-8-10-17(28)2/h5-7,11-12,14-15,17H,4,8-10,13,16H2,1-3H3/t17-/m0/s1. The minimum atomic E-state index is -0.419. The first-order valence-electron chi connectivity index (χ1n) is 11.4. The summed E-state index contributed by atoms with van der Waals surface area (Å²) in [7, 11) is 0. The molecule has 2 heterocycles. The van der Waals surface area contributed by atoms with Crippen molar-refractivity contribution in [3.8, 4) is 11.4 Å². The Morgan fingerprint density at radius 2 is 1.91 bits per heavy atom. The zero-order chi connectivity index (χ0) is 23.5. The molecule has 3 aromatic rings. The summed E-state index contributed by atoms with van der Waals surface area (Å²) in [6.45, 7) is 7.31. The Bertz CT molecular complexity index is 1170. The molecule has 174 valence electrons.